The molecule has 0 spiro atoms. The lowest BCUT2D eigenvalue weighted by atomic mass is 10.2. The number of rotatable bonds is 7. The van der Waals surface area contributed by atoms with Gasteiger partial charge in [0.05, 0.1) is 5.69 Å². The topological polar surface area (TPSA) is 60.3 Å². The highest BCUT2D eigenvalue weighted by Crippen LogP contribution is 2.18. The molecule has 0 bridgehead atoms. The van der Waals surface area contributed by atoms with Gasteiger partial charge in [-0.1, -0.05) is 36.9 Å². The molecule has 1 atom stereocenters. The maximum Gasteiger partial charge on any atom is 0.246 e. The van der Waals surface area contributed by atoms with Crippen LogP contribution in [0.15, 0.2) is 59.5 Å². The minimum absolute atomic E-state index is 0.0250. The number of hydrogen-bond donors (Lipinski definition) is 1. The highest BCUT2D eigenvalue weighted by Gasteiger charge is 2.14. The van der Waals surface area contributed by atoms with E-state index in [0.29, 0.717) is 24.5 Å². The van der Waals surface area contributed by atoms with E-state index in [0.717, 1.165) is 11.3 Å². The monoisotopic (exact) mass is 340 g/mol. The number of amides is 1. The summed E-state index contributed by atoms with van der Waals surface area (Å²) in [6, 6.07) is 11.2. The average molecular weight is 340 g/mol. The van der Waals surface area contributed by atoms with Gasteiger partial charge in [0.1, 0.15) is 6.61 Å². The van der Waals surface area contributed by atoms with Crippen molar-refractivity contribution in [2.75, 3.05) is 6.54 Å². The quantitative estimate of drug-likeness (QED) is 0.788. The van der Waals surface area contributed by atoms with Gasteiger partial charge >= 0.3 is 0 Å². The zero-order chi connectivity index (χ0) is 18.4. The van der Waals surface area contributed by atoms with E-state index in [1.54, 1.807) is 13.1 Å². The molecule has 132 valence electrons. The zero-order valence-corrected chi connectivity index (χ0v) is 14.9. The minimum atomic E-state index is -0.175. The summed E-state index contributed by atoms with van der Waals surface area (Å²) in [7, 11) is 0. The Morgan fingerprint density at radius 2 is 1.96 bits per heavy atom. The standard InChI is InChI=1S/C20H24N2O3/c1-14(2)20(24)21-12-15(3)22-11-10-18(23)19(16(22)4)25-13-17-8-6-5-7-9-17/h5-11,15H,1,12-13H2,2-4H3,(H,21,24). The van der Waals surface area contributed by atoms with Crippen LogP contribution < -0.4 is 15.5 Å². The number of nitrogens with zero attached hydrogens (tertiary/aromatic N) is 1. The van der Waals surface area contributed by atoms with E-state index in [1.807, 2.05) is 48.7 Å². The maximum absolute atomic E-state index is 12.2. The third-order valence-electron chi connectivity index (χ3n) is 3.97. The Kier molecular flexibility index (Phi) is 6.17. The minimum Gasteiger partial charge on any atom is -0.483 e. The lowest BCUT2D eigenvalue weighted by molar-refractivity contribution is -0.117. The third kappa shape index (κ3) is 4.83. The molecule has 1 aromatic carbocycles. The van der Waals surface area contributed by atoms with Crippen LogP contribution in [0.25, 0.3) is 0 Å². The van der Waals surface area contributed by atoms with Gasteiger partial charge in [-0.15, -0.1) is 0 Å². The first-order valence-corrected chi connectivity index (χ1v) is 8.22. The lowest BCUT2D eigenvalue weighted by Crippen LogP contribution is -2.31. The molecule has 1 heterocycles. The molecule has 1 aromatic heterocycles. The molecule has 0 aliphatic heterocycles. The summed E-state index contributed by atoms with van der Waals surface area (Å²) in [5.41, 5.74) is 2.05. The van der Waals surface area contributed by atoms with E-state index in [-0.39, 0.29) is 17.4 Å². The van der Waals surface area contributed by atoms with Gasteiger partial charge in [0.2, 0.25) is 11.3 Å². The highest BCUT2D eigenvalue weighted by atomic mass is 16.5. The maximum atomic E-state index is 12.2. The van der Waals surface area contributed by atoms with Crippen LogP contribution >= 0.6 is 0 Å². The van der Waals surface area contributed by atoms with Gasteiger partial charge < -0.3 is 14.6 Å². The number of ether oxygens (including phenoxy) is 1. The Labute approximate surface area is 147 Å². The first kappa shape index (κ1) is 18.5. The fourth-order valence-corrected chi connectivity index (χ4v) is 2.50. The number of benzene rings is 1. The van der Waals surface area contributed by atoms with Crippen LogP contribution in [0.2, 0.25) is 0 Å². The van der Waals surface area contributed by atoms with E-state index in [2.05, 4.69) is 11.9 Å². The number of hydrogen-bond acceptors (Lipinski definition) is 3. The van der Waals surface area contributed by atoms with Gasteiger partial charge in [-0.25, -0.2) is 0 Å². The SMILES string of the molecule is C=C(C)C(=O)NCC(C)n1ccc(=O)c(OCc2ccccc2)c1C. The Hall–Kier alpha value is -2.82. The normalized spacial score (nSPS) is 11.6. The largest absolute Gasteiger partial charge is 0.483 e. The van der Waals surface area contributed by atoms with Gasteiger partial charge in [0.25, 0.3) is 0 Å². The molecule has 5 heteroatoms. The molecule has 0 saturated carbocycles. The van der Waals surface area contributed by atoms with Gasteiger partial charge in [-0.3, -0.25) is 9.59 Å². The number of aromatic nitrogens is 1. The van der Waals surface area contributed by atoms with Crippen molar-refractivity contribution in [2.24, 2.45) is 0 Å². The molecule has 5 nitrogen and oxygen atoms in total. The highest BCUT2D eigenvalue weighted by molar-refractivity contribution is 5.92. The number of carbonyl (C=O) groups excluding carboxylic acids is 1. The first-order valence-electron chi connectivity index (χ1n) is 8.22. The molecule has 0 aliphatic carbocycles. The molecular formula is C20H24N2O3. The van der Waals surface area contributed by atoms with E-state index < -0.39 is 0 Å². The molecule has 0 saturated heterocycles. The molecule has 1 N–H and O–H groups in total. The van der Waals surface area contributed by atoms with Crippen LogP contribution in [0, 0.1) is 6.92 Å². The predicted molar refractivity (Wildman–Crippen MR) is 98.7 cm³/mol. The summed E-state index contributed by atoms with van der Waals surface area (Å²) in [6.07, 6.45) is 1.73. The molecule has 1 unspecified atom stereocenters. The van der Waals surface area contributed by atoms with Crippen molar-refractivity contribution in [1.82, 2.24) is 9.88 Å². The third-order valence-corrected chi connectivity index (χ3v) is 3.97. The van der Waals surface area contributed by atoms with Crippen molar-refractivity contribution >= 4 is 5.91 Å². The van der Waals surface area contributed by atoms with Crippen molar-refractivity contribution < 1.29 is 9.53 Å². The van der Waals surface area contributed by atoms with Crippen molar-refractivity contribution in [2.45, 2.75) is 33.4 Å². The Bertz CT molecular complexity index is 809. The van der Waals surface area contributed by atoms with E-state index in [4.69, 9.17) is 4.74 Å². The van der Waals surface area contributed by atoms with Crippen LogP contribution in [-0.4, -0.2) is 17.0 Å². The number of pyridine rings is 1. The van der Waals surface area contributed by atoms with Crippen LogP contribution in [0.5, 0.6) is 5.75 Å². The Morgan fingerprint density at radius 3 is 2.60 bits per heavy atom. The van der Waals surface area contributed by atoms with Crippen LogP contribution in [0.4, 0.5) is 0 Å². The number of nitrogens with one attached hydrogen (secondary N) is 1. The molecule has 1 amide bonds. The summed E-state index contributed by atoms with van der Waals surface area (Å²) in [4.78, 5) is 23.8. The van der Waals surface area contributed by atoms with Gasteiger partial charge in [-0.05, 0) is 26.3 Å². The Balaban J connectivity index is 2.14. The molecule has 0 radical (unpaired) electrons. The van der Waals surface area contributed by atoms with Crippen LogP contribution in [0.1, 0.15) is 31.1 Å². The fraction of sp³-hybridized carbons (Fsp3) is 0.300. The first-order chi connectivity index (χ1) is 11.9. The summed E-state index contributed by atoms with van der Waals surface area (Å²) in [5, 5.41) is 2.82. The molecular weight excluding hydrogens is 316 g/mol. The van der Waals surface area contributed by atoms with Crippen molar-refractivity contribution in [3.8, 4) is 5.75 Å². The van der Waals surface area contributed by atoms with Crippen molar-refractivity contribution in [3.63, 3.8) is 0 Å². The Morgan fingerprint density at radius 1 is 1.28 bits per heavy atom. The molecule has 0 aliphatic rings. The average Bonchev–Trinajstić information content (AvgIpc) is 2.60. The molecule has 2 rings (SSSR count). The van der Waals surface area contributed by atoms with Gasteiger partial charge in [-0.2, -0.15) is 0 Å². The van der Waals surface area contributed by atoms with Gasteiger partial charge in [0.15, 0.2) is 5.75 Å². The second-order valence-electron chi connectivity index (χ2n) is 6.12. The summed E-state index contributed by atoms with van der Waals surface area (Å²) >= 11 is 0. The smallest absolute Gasteiger partial charge is 0.246 e. The zero-order valence-electron chi connectivity index (χ0n) is 14.9. The molecule has 2 aromatic rings. The summed E-state index contributed by atoms with van der Waals surface area (Å²) in [5.74, 6) is 0.163. The van der Waals surface area contributed by atoms with E-state index >= 15 is 0 Å². The molecule has 25 heavy (non-hydrogen) atoms. The van der Waals surface area contributed by atoms with Crippen molar-refractivity contribution in [1.29, 1.82) is 0 Å². The summed E-state index contributed by atoms with van der Waals surface area (Å²) < 4.78 is 7.70. The second-order valence-corrected chi connectivity index (χ2v) is 6.12. The van der Waals surface area contributed by atoms with Crippen LogP contribution in [0.3, 0.4) is 0 Å². The fourth-order valence-electron chi connectivity index (χ4n) is 2.50. The predicted octanol–water partition coefficient (Wildman–Crippen LogP) is 2.99. The molecule has 0 fully saturated rings. The summed E-state index contributed by atoms with van der Waals surface area (Å²) in [6.45, 7) is 9.88. The van der Waals surface area contributed by atoms with Crippen LogP contribution in [-0.2, 0) is 11.4 Å². The van der Waals surface area contributed by atoms with E-state index in [9.17, 15) is 9.59 Å². The number of carbonyl (C=O) groups is 1. The van der Waals surface area contributed by atoms with E-state index in [1.165, 1.54) is 6.07 Å². The van der Waals surface area contributed by atoms with Crippen molar-refractivity contribution in [3.05, 3.63) is 76.2 Å². The van der Waals surface area contributed by atoms with Gasteiger partial charge in [0, 0.05) is 30.4 Å². The second kappa shape index (κ2) is 8.33. The lowest BCUT2D eigenvalue weighted by Gasteiger charge is -2.21.